The van der Waals surface area contributed by atoms with Crippen LogP contribution in [0.15, 0.2) is 0 Å². The average molecular weight is 241 g/mol. The molecule has 0 aromatic carbocycles. The van der Waals surface area contributed by atoms with Crippen LogP contribution in [0.1, 0.15) is 47.0 Å². The van der Waals surface area contributed by atoms with Crippen molar-refractivity contribution in [3.05, 3.63) is 0 Å². The zero-order chi connectivity index (χ0) is 13.1. The first kappa shape index (κ1) is 13.3. The van der Waals surface area contributed by atoms with Crippen LogP contribution in [0.2, 0.25) is 0 Å². The lowest BCUT2D eigenvalue weighted by atomic mass is 9.40. The molecule has 0 amide bonds. The first-order valence-electron chi connectivity index (χ1n) is 6.48. The van der Waals surface area contributed by atoms with Crippen molar-refractivity contribution >= 4 is 7.12 Å². The van der Waals surface area contributed by atoms with Crippen LogP contribution in [-0.4, -0.2) is 34.4 Å². The van der Waals surface area contributed by atoms with E-state index in [-0.39, 0.29) is 5.41 Å². The Labute approximate surface area is 104 Å². The summed E-state index contributed by atoms with van der Waals surface area (Å²) in [5, 5.41) is 20.5. The van der Waals surface area contributed by atoms with Gasteiger partial charge in [0.1, 0.15) is 0 Å². The van der Waals surface area contributed by atoms with Gasteiger partial charge in [0.25, 0.3) is 0 Å². The smallest absolute Gasteiger partial charge is 0.426 e. The molecular weight excluding hydrogens is 217 g/mol. The Morgan fingerprint density at radius 1 is 1.41 bits per heavy atom. The minimum Gasteiger partial charge on any atom is -0.426 e. The summed E-state index contributed by atoms with van der Waals surface area (Å²) in [6.07, 6.45) is 2.57. The van der Waals surface area contributed by atoms with E-state index in [2.05, 4.69) is 13.8 Å². The molecule has 0 aromatic heterocycles. The van der Waals surface area contributed by atoms with E-state index in [1.165, 1.54) is 0 Å². The molecule has 4 nitrogen and oxygen atoms in total. The van der Waals surface area contributed by atoms with Gasteiger partial charge in [-0.3, -0.25) is 0 Å². The van der Waals surface area contributed by atoms with Gasteiger partial charge < -0.3 is 20.5 Å². The summed E-state index contributed by atoms with van der Waals surface area (Å²) in [5.41, 5.74) is 4.00. The number of fused-ring (bicyclic) bond motifs is 2. The molecule has 0 heterocycles. The predicted octanol–water partition coefficient (Wildman–Crippen LogP) is 0.700. The maximum Gasteiger partial charge on any atom is 0.472 e. The van der Waals surface area contributed by atoms with Gasteiger partial charge in [0, 0.05) is 5.94 Å². The van der Waals surface area contributed by atoms with E-state index in [0.717, 1.165) is 19.3 Å². The molecule has 3 fully saturated rings. The molecule has 0 saturated heterocycles. The predicted molar refractivity (Wildman–Crippen MR) is 67.2 cm³/mol. The quantitative estimate of drug-likeness (QED) is 0.636. The van der Waals surface area contributed by atoms with E-state index >= 15 is 0 Å². The van der Waals surface area contributed by atoms with Crippen molar-refractivity contribution in [1.29, 1.82) is 0 Å². The molecule has 3 rings (SSSR count). The topological polar surface area (TPSA) is 75.7 Å². The van der Waals surface area contributed by atoms with Crippen LogP contribution in [0, 0.1) is 11.3 Å². The lowest BCUT2D eigenvalue weighted by Crippen LogP contribution is -2.77. The zero-order valence-corrected chi connectivity index (χ0v) is 11.2. The fraction of sp³-hybridized carbons (Fsp3) is 1.00. The van der Waals surface area contributed by atoms with E-state index < -0.39 is 24.3 Å². The zero-order valence-electron chi connectivity index (χ0n) is 11.2. The highest BCUT2D eigenvalue weighted by Crippen LogP contribution is 2.67. The molecule has 2 bridgehead atoms. The molecule has 3 saturated carbocycles. The van der Waals surface area contributed by atoms with Gasteiger partial charge in [0.15, 0.2) is 0 Å². The van der Waals surface area contributed by atoms with Crippen LogP contribution in [0.3, 0.4) is 0 Å². The number of nitrogens with two attached hydrogens (primary N) is 1. The van der Waals surface area contributed by atoms with E-state index in [1.54, 1.807) is 6.92 Å². The molecule has 0 radical (unpaired) electrons. The highest BCUT2D eigenvalue weighted by atomic mass is 16.6. The van der Waals surface area contributed by atoms with Crippen molar-refractivity contribution in [2.45, 2.75) is 64.1 Å². The standard InChI is InChI=1S/C12H24BNO3/c1-8(14)13(16)17-12-7-9(10(12,2)3)5-6-11(12,4)15/h8-9,15-16H,5-7,14H2,1-4H3/t8-,9?,11?,12?/m0/s1. The highest BCUT2D eigenvalue weighted by molar-refractivity contribution is 6.44. The van der Waals surface area contributed by atoms with Gasteiger partial charge in [-0.05, 0) is 37.5 Å². The minimum atomic E-state index is -1.01. The maximum absolute atomic E-state index is 10.6. The lowest BCUT2D eigenvalue weighted by Gasteiger charge is -2.71. The van der Waals surface area contributed by atoms with E-state index in [0.29, 0.717) is 5.92 Å². The number of rotatable bonds is 3. The summed E-state index contributed by atoms with van der Waals surface area (Å²) in [5.74, 6) is 0.125. The van der Waals surface area contributed by atoms with Gasteiger partial charge >= 0.3 is 7.12 Å². The normalized spacial score (nSPS) is 45.0. The van der Waals surface area contributed by atoms with Gasteiger partial charge in [-0.1, -0.05) is 20.8 Å². The number of hydrogen-bond donors (Lipinski definition) is 3. The first-order chi connectivity index (χ1) is 7.64. The van der Waals surface area contributed by atoms with Crippen LogP contribution >= 0.6 is 0 Å². The third kappa shape index (κ3) is 1.60. The molecule has 3 aliphatic carbocycles. The molecule has 17 heavy (non-hydrogen) atoms. The molecule has 3 aliphatic rings. The van der Waals surface area contributed by atoms with Gasteiger partial charge in [-0.2, -0.15) is 0 Å². The Bertz CT molecular complexity index is 309. The molecule has 0 aliphatic heterocycles. The highest BCUT2D eigenvalue weighted by Gasteiger charge is 2.71. The molecule has 98 valence electrons. The molecule has 4 N–H and O–H groups in total. The Kier molecular flexibility index (Phi) is 2.90. The summed E-state index contributed by atoms with van der Waals surface area (Å²) in [6.45, 7) is 7.76. The fourth-order valence-electron chi connectivity index (χ4n) is 3.74. The molecular formula is C12H24BNO3. The second-order valence-electron chi connectivity index (χ2n) is 6.63. The molecule has 0 spiro atoms. The van der Waals surface area contributed by atoms with Gasteiger partial charge in [0.2, 0.25) is 0 Å². The summed E-state index contributed by atoms with van der Waals surface area (Å²) < 4.78 is 5.82. The monoisotopic (exact) mass is 241 g/mol. The SMILES string of the molecule is C[C@H](N)B(O)OC12CC(CCC1(C)O)C2(C)C. The first-order valence-corrected chi connectivity index (χ1v) is 6.48. The van der Waals surface area contributed by atoms with Crippen molar-refractivity contribution in [1.82, 2.24) is 0 Å². The number of aliphatic hydroxyl groups is 1. The van der Waals surface area contributed by atoms with Crippen LogP contribution in [0.5, 0.6) is 0 Å². The largest absolute Gasteiger partial charge is 0.472 e. The third-order valence-electron chi connectivity index (χ3n) is 5.22. The van der Waals surface area contributed by atoms with Gasteiger partial charge in [-0.25, -0.2) is 0 Å². The summed E-state index contributed by atoms with van der Waals surface area (Å²) >= 11 is 0. The van der Waals surface area contributed by atoms with E-state index in [9.17, 15) is 10.1 Å². The van der Waals surface area contributed by atoms with E-state index in [4.69, 9.17) is 10.4 Å². The van der Waals surface area contributed by atoms with Crippen molar-refractivity contribution in [2.75, 3.05) is 0 Å². The summed E-state index contributed by atoms with van der Waals surface area (Å²) in [4.78, 5) is 0. The fourth-order valence-corrected chi connectivity index (χ4v) is 3.74. The molecule has 0 aromatic rings. The van der Waals surface area contributed by atoms with Gasteiger partial charge in [0.05, 0.1) is 11.2 Å². The lowest BCUT2D eigenvalue weighted by molar-refractivity contribution is -0.305. The number of hydrogen-bond acceptors (Lipinski definition) is 4. The molecule has 4 atom stereocenters. The summed E-state index contributed by atoms with van der Waals surface area (Å²) in [7, 11) is -1.01. The Morgan fingerprint density at radius 2 is 2.00 bits per heavy atom. The molecule has 5 heteroatoms. The second kappa shape index (κ2) is 3.70. The van der Waals surface area contributed by atoms with Crippen molar-refractivity contribution in [2.24, 2.45) is 17.1 Å². The minimum absolute atomic E-state index is 0.107. The average Bonchev–Trinajstić information content (AvgIpc) is 2.19. The van der Waals surface area contributed by atoms with Crippen molar-refractivity contribution in [3.63, 3.8) is 0 Å². The van der Waals surface area contributed by atoms with Crippen LogP contribution in [-0.2, 0) is 4.65 Å². The van der Waals surface area contributed by atoms with Crippen LogP contribution in [0.25, 0.3) is 0 Å². The Balaban J connectivity index is 2.26. The van der Waals surface area contributed by atoms with Gasteiger partial charge in [-0.15, -0.1) is 0 Å². The Morgan fingerprint density at radius 3 is 2.41 bits per heavy atom. The van der Waals surface area contributed by atoms with Crippen LogP contribution in [0.4, 0.5) is 0 Å². The van der Waals surface area contributed by atoms with Crippen molar-refractivity contribution in [3.8, 4) is 0 Å². The van der Waals surface area contributed by atoms with Crippen molar-refractivity contribution < 1.29 is 14.8 Å². The molecule has 3 unspecified atom stereocenters. The second-order valence-corrected chi connectivity index (χ2v) is 6.63. The maximum atomic E-state index is 10.6. The third-order valence-corrected chi connectivity index (χ3v) is 5.22. The summed E-state index contributed by atoms with van der Waals surface area (Å²) in [6, 6.07) is 0. The van der Waals surface area contributed by atoms with Crippen LogP contribution < -0.4 is 5.73 Å². The Hall–Kier alpha value is -0.0951. The van der Waals surface area contributed by atoms with E-state index in [1.807, 2.05) is 6.92 Å².